The van der Waals surface area contributed by atoms with E-state index in [0.29, 0.717) is 32.7 Å². The molecular formula is C32H36Cl3N3O4S. The van der Waals surface area contributed by atoms with Crippen LogP contribution in [0.2, 0.25) is 15.1 Å². The molecule has 3 aromatic rings. The molecule has 1 aliphatic rings. The van der Waals surface area contributed by atoms with Gasteiger partial charge in [-0.25, -0.2) is 8.42 Å². The predicted octanol–water partition coefficient (Wildman–Crippen LogP) is 7.33. The molecule has 11 heteroatoms. The molecular weight excluding hydrogens is 629 g/mol. The number of carbonyl (C=O) groups excluding carboxylic acids is 2. The summed E-state index contributed by atoms with van der Waals surface area (Å²) in [4.78, 5) is 29.3. The lowest BCUT2D eigenvalue weighted by atomic mass is 10.1. The van der Waals surface area contributed by atoms with Gasteiger partial charge in [-0.3, -0.25) is 13.9 Å². The molecule has 230 valence electrons. The van der Waals surface area contributed by atoms with Crippen LogP contribution in [0.5, 0.6) is 0 Å². The second kappa shape index (κ2) is 14.3. The van der Waals surface area contributed by atoms with E-state index in [1.807, 2.05) is 26.8 Å². The molecule has 4 rings (SSSR count). The topological polar surface area (TPSA) is 86.8 Å². The summed E-state index contributed by atoms with van der Waals surface area (Å²) in [6, 6.07) is 15.2. The average molecular weight is 665 g/mol. The van der Waals surface area contributed by atoms with Gasteiger partial charge in [-0.15, -0.1) is 0 Å². The van der Waals surface area contributed by atoms with Crippen molar-refractivity contribution >= 4 is 62.3 Å². The van der Waals surface area contributed by atoms with Crippen molar-refractivity contribution in [3.63, 3.8) is 0 Å². The summed E-state index contributed by atoms with van der Waals surface area (Å²) >= 11 is 18.7. The van der Waals surface area contributed by atoms with Crippen LogP contribution in [-0.2, 0) is 26.2 Å². The molecule has 0 saturated heterocycles. The van der Waals surface area contributed by atoms with Crippen LogP contribution >= 0.6 is 34.8 Å². The Morgan fingerprint density at radius 1 is 0.907 bits per heavy atom. The minimum atomic E-state index is -4.20. The zero-order valence-corrected chi connectivity index (χ0v) is 27.5. The predicted molar refractivity (Wildman–Crippen MR) is 173 cm³/mol. The largest absolute Gasteiger partial charge is 0.352 e. The first-order chi connectivity index (χ1) is 20.4. The molecule has 0 spiro atoms. The molecule has 0 aromatic heterocycles. The highest BCUT2D eigenvalue weighted by Gasteiger charge is 2.35. The van der Waals surface area contributed by atoms with E-state index < -0.39 is 28.5 Å². The minimum absolute atomic E-state index is 0.00676. The van der Waals surface area contributed by atoms with Crippen molar-refractivity contribution in [3.8, 4) is 0 Å². The number of hydrogen-bond acceptors (Lipinski definition) is 4. The van der Waals surface area contributed by atoms with Gasteiger partial charge in [0, 0.05) is 27.7 Å². The fourth-order valence-electron chi connectivity index (χ4n) is 5.26. The van der Waals surface area contributed by atoms with Gasteiger partial charge in [0.15, 0.2) is 0 Å². The fourth-order valence-corrected chi connectivity index (χ4v) is 7.26. The Bertz CT molecular complexity index is 1580. The van der Waals surface area contributed by atoms with Crippen molar-refractivity contribution in [2.45, 2.75) is 76.4 Å². The molecule has 1 fully saturated rings. The molecule has 7 nitrogen and oxygen atoms in total. The Kier molecular flexibility index (Phi) is 11.0. The lowest BCUT2D eigenvalue weighted by Crippen LogP contribution is -2.53. The van der Waals surface area contributed by atoms with Crippen LogP contribution in [-0.4, -0.2) is 43.8 Å². The second-order valence-electron chi connectivity index (χ2n) is 10.9. The lowest BCUT2D eigenvalue weighted by Gasteiger charge is -2.34. The smallest absolute Gasteiger partial charge is 0.264 e. The highest BCUT2D eigenvalue weighted by Crippen LogP contribution is 2.29. The summed E-state index contributed by atoms with van der Waals surface area (Å²) in [7, 11) is -4.20. The number of benzene rings is 3. The van der Waals surface area contributed by atoms with Crippen molar-refractivity contribution in [2.24, 2.45) is 0 Å². The molecule has 1 atom stereocenters. The maximum atomic E-state index is 14.3. The first kappa shape index (κ1) is 33.1. The number of amides is 2. The number of rotatable bonds is 11. The number of anilines is 1. The lowest BCUT2D eigenvalue weighted by molar-refractivity contribution is -0.140. The maximum Gasteiger partial charge on any atom is 0.264 e. The Morgan fingerprint density at radius 3 is 2.16 bits per heavy atom. The molecule has 0 unspecified atom stereocenters. The summed E-state index contributed by atoms with van der Waals surface area (Å²) in [6.45, 7) is 5.09. The van der Waals surface area contributed by atoms with E-state index >= 15 is 0 Å². The summed E-state index contributed by atoms with van der Waals surface area (Å²) in [5.74, 6) is -0.818. The summed E-state index contributed by atoms with van der Waals surface area (Å²) < 4.78 is 29.2. The number of sulfonamides is 1. The van der Waals surface area contributed by atoms with Gasteiger partial charge in [0.25, 0.3) is 10.0 Å². The van der Waals surface area contributed by atoms with Gasteiger partial charge in [-0.2, -0.15) is 0 Å². The molecule has 0 heterocycles. The number of aryl methyl sites for hydroxylation is 2. The highest BCUT2D eigenvalue weighted by atomic mass is 35.5. The molecule has 0 bridgehead atoms. The number of hydrogen-bond donors (Lipinski definition) is 1. The Balaban J connectivity index is 1.75. The molecule has 3 aromatic carbocycles. The zero-order valence-electron chi connectivity index (χ0n) is 24.4. The number of halogens is 3. The van der Waals surface area contributed by atoms with Crippen molar-refractivity contribution in [1.29, 1.82) is 0 Å². The minimum Gasteiger partial charge on any atom is -0.352 e. The van der Waals surface area contributed by atoms with Crippen LogP contribution in [0.3, 0.4) is 0 Å². The van der Waals surface area contributed by atoms with Gasteiger partial charge in [0.05, 0.1) is 10.6 Å². The monoisotopic (exact) mass is 663 g/mol. The molecule has 1 N–H and O–H groups in total. The van der Waals surface area contributed by atoms with E-state index in [-0.39, 0.29) is 23.4 Å². The van der Waals surface area contributed by atoms with Gasteiger partial charge >= 0.3 is 0 Å². The number of nitrogens with zero attached hydrogens (tertiary/aromatic N) is 2. The van der Waals surface area contributed by atoms with Crippen LogP contribution < -0.4 is 9.62 Å². The third-order valence-electron chi connectivity index (χ3n) is 7.90. The Hall–Kier alpha value is -2.78. The van der Waals surface area contributed by atoms with E-state index in [1.54, 1.807) is 30.3 Å². The molecule has 1 saturated carbocycles. The average Bonchev–Trinajstić information content (AvgIpc) is 3.47. The van der Waals surface area contributed by atoms with Crippen LogP contribution in [0, 0.1) is 13.8 Å². The van der Waals surface area contributed by atoms with Crippen LogP contribution in [0.1, 0.15) is 55.7 Å². The Morgan fingerprint density at radius 2 is 1.56 bits per heavy atom. The number of carbonyl (C=O) groups is 2. The van der Waals surface area contributed by atoms with Gasteiger partial charge in [0.2, 0.25) is 11.8 Å². The van der Waals surface area contributed by atoms with Crippen molar-refractivity contribution in [1.82, 2.24) is 10.2 Å². The summed E-state index contributed by atoms with van der Waals surface area (Å²) in [6.07, 6.45) is 4.18. The van der Waals surface area contributed by atoms with Crippen LogP contribution in [0.4, 0.5) is 5.69 Å². The first-order valence-electron chi connectivity index (χ1n) is 14.3. The van der Waals surface area contributed by atoms with E-state index in [4.69, 9.17) is 34.8 Å². The van der Waals surface area contributed by atoms with Gasteiger partial charge in [-0.1, -0.05) is 66.7 Å². The Labute approximate surface area is 269 Å². The quantitative estimate of drug-likeness (QED) is 0.233. The highest BCUT2D eigenvalue weighted by molar-refractivity contribution is 7.92. The third kappa shape index (κ3) is 8.04. The maximum absolute atomic E-state index is 14.3. The van der Waals surface area contributed by atoms with Gasteiger partial charge < -0.3 is 10.2 Å². The van der Waals surface area contributed by atoms with Gasteiger partial charge in [-0.05, 0) is 98.3 Å². The van der Waals surface area contributed by atoms with E-state index in [2.05, 4.69) is 5.32 Å². The van der Waals surface area contributed by atoms with Crippen molar-refractivity contribution in [3.05, 3.63) is 92.4 Å². The molecule has 1 aliphatic carbocycles. The van der Waals surface area contributed by atoms with Crippen molar-refractivity contribution in [2.75, 3.05) is 10.8 Å². The van der Waals surface area contributed by atoms with Crippen LogP contribution in [0.25, 0.3) is 0 Å². The fraction of sp³-hybridized carbons (Fsp3) is 0.375. The van der Waals surface area contributed by atoms with E-state index in [1.165, 1.54) is 29.2 Å². The first-order valence-corrected chi connectivity index (χ1v) is 16.9. The second-order valence-corrected chi connectivity index (χ2v) is 14.0. The van der Waals surface area contributed by atoms with E-state index in [0.717, 1.165) is 41.1 Å². The zero-order chi connectivity index (χ0) is 31.3. The van der Waals surface area contributed by atoms with E-state index in [9.17, 15) is 18.0 Å². The van der Waals surface area contributed by atoms with Gasteiger partial charge in [0.1, 0.15) is 12.6 Å². The third-order valence-corrected chi connectivity index (χ3v) is 10.5. The molecule has 43 heavy (non-hydrogen) atoms. The van der Waals surface area contributed by atoms with Crippen LogP contribution in [0.15, 0.2) is 65.6 Å². The molecule has 0 radical (unpaired) electrons. The summed E-state index contributed by atoms with van der Waals surface area (Å²) in [5, 5.41) is 4.27. The number of nitrogens with one attached hydrogen (secondary N) is 1. The SMILES string of the molecule is CC[C@@H](C(=O)NC1CCCC1)N(Cc1ccc(Cl)cc1Cl)C(=O)CN(c1ccc(C)c(C)c1)S(=O)(=O)c1ccc(Cl)cc1. The normalized spacial score (nSPS) is 14.4. The molecule has 2 amide bonds. The van der Waals surface area contributed by atoms with Crippen molar-refractivity contribution < 1.29 is 18.0 Å². The summed E-state index contributed by atoms with van der Waals surface area (Å²) in [5.41, 5.74) is 2.77. The molecule has 0 aliphatic heterocycles. The standard InChI is InChI=1S/C32H36Cl3N3O4S/c1-4-30(32(40)36-26-7-5-6-8-26)37(19-23-10-11-25(34)18-29(23)35)31(39)20-38(27-14-9-21(2)22(3)17-27)43(41,42)28-15-12-24(33)13-16-28/h9-18,26,30H,4-8,19-20H2,1-3H3,(H,36,40)/t30-/m0/s1.